The molecular formula is C13H16BrN3. The van der Waals surface area contributed by atoms with Gasteiger partial charge in [-0.05, 0) is 33.8 Å². The van der Waals surface area contributed by atoms with Crippen molar-refractivity contribution >= 4 is 21.7 Å². The molecule has 17 heavy (non-hydrogen) atoms. The molecule has 0 spiro atoms. The molecule has 3 nitrogen and oxygen atoms in total. The Morgan fingerprint density at radius 1 is 1.29 bits per heavy atom. The first-order chi connectivity index (χ1) is 8.08. The number of aromatic nitrogens is 2. The van der Waals surface area contributed by atoms with E-state index in [2.05, 4.69) is 64.2 Å². The SMILES string of the molecule is CC(C)Cc1ccc(-c2[nH]nc(N)c2Br)cc1. The molecule has 0 aliphatic rings. The van der Waals surface area contributed by atoms with E-state index in [0.29, 0.717) is 11.7 Å². The van der Waals surface area contributed by atoms with E-state index in [1.807, 2.05) is 0 Å². The minimum Gasteiger partial charge on any atom is -0.381 e. The van der Waals surface area contributed by atoms with E-state index >= 15 is 0 Å². The van der Waals surface area contributed by atoms with Gasteiger partial charge in [0.05, 0.1) is 10.2 Å². The maximum absolute atomic E-state index is 5.68. The van der Waals surface area contributed by atoms with E-state index in [0.717, 1.165) is 22.2 Å². The van der Waals surface area contributed by atoms with Crippen LogP contribution in [0.3, 0.4) is 0 Å². The van der Waals surface area contributed by atoms with Gasteiger partial charge in [0.1, 0.15) is 0 Å². The first kappa shape index (κ1) is 12.2. The highest BCUT2D eigenvalue weighted by Gasteiger charge is 2.09. The average molecular weight is 294 g/mol. The fourth-order valence-corrected chi connectivity index (χ4v) is 2.22. The third-order valence-corrected chi connectivity index (χ3v) is 3.42. The summed E-state index contributed by atoms with van der Waals surface area (Å²) < 4.78 is 0.828. The van der Waals surface area contributed by atoms with Gasteiger partial charge in [0.15, 0.2) is 5.82 Å². The maximum Gasteiger partial charge on any atom is 0.160 e. The maximum atomic E-state index is 5.68. The van der Waals surface area contributed by atoms with Gasteiger partial charge in [-0.15, -0.1) is 0 Å². The Kier molecular flexibility index (Phi) is 3.52. The number of nitrogen functional groups attached to an aromatic ring is 1. The molecule has 2 rings (SSSR count). The zero-order chi connectivity index (χ0) is 12.4. The molecule has 1 heterocycles. The van der Waals surface area contributed by atoms with E-state index in [-0.39, 0.29) is 0 Å². The van der Waals surface area contributed by atoms with E-state index in [4.69, 9.17) is 5.73 Å². The fourth-order valence-electron chi connectivity index (χ4n) is 1.81. The quantitative estimate of drug-likeness (QED) is 0.908. The summed E-state index contributed by atoms with van der Waals surface area (Å²) in [5.41, 5.74) is 9.06. The molecule has 0 atom stereocenters. The van der Waals surface area contributed by atoms with Crippen LogP contribution in [0, 0.1) is 5.92 Å². The molecule has 90 valence electrons. The van der Waals surface area contributed by atoms with E-state index < -0.39 is 0 Å². The Morgan fingerprint density at radius 3 is 2.41 bits per heavy atom. The highest BCUT2D eigenvalue weighted by atomic mass is 79.9. The van der Waals surface area contributed by atoms with Crippen molar-refractivity contribution < 1.29 is 0 Å². The van der Waals surface area contributed by atoms with Crippen LogP contribution in [0.5, 0.6) is 0 Å². The minimum absolute atomic E-state index is 0.492. The largest absolute Gasteiger partial charge is 0.381 e. The summed E-state index contributed by atoms with van der Waals surface area (Å²) in [4.78, 5) is 0. The lowest BCUT2D eigenvalue weighted by Crippen LogP contribution is -1.93. The molecule has 1 aromatic carbocycles. The van der Waals surface area contributed by atoms with Crippen molar-refractivity contribution in [1.29, 1.82) is 0 Å². The summed E-state index contributed by atoms with van der Waals surface area (Å²) >= 11 is 3.43. The van der Waals surface area contributed by atoms with Gasteiger partial charge in [-0.1, -0.05) is 38.1 Å². The van der Waals surface area contributed by atoms with Gasteiger partial charge in [0.25, 0.3) is 0 Å². The predicted octanol–water partition coefficient (Wildman–Crippen LogP) is 3.62. The van der Waals surface area contributed by atoms with Gasteiger partial charge in [-0.2, -0.15) is 5.10 Å². The molecule has 0 bridgehead atoms. The highest BCUT2D eigenvalue weighted by molar-refractivity contribution is 9.10. The molecule has 2 aromatic rings. The molecule has 1 aromatic heterocycles. The summed E-state index contributed by atoms with van der Waals surface area (Å²) in [5.74, 6) is 1.17. The molecule has 0 saturated carbocycles. The van der Waals surface area contributed by atoms with Crippen molar-refractivity contribution in [3.8, 4) is 11.3 Å². The summed E-state index contributed by atoms with van der Waals surface area (Å²) in [6.45, 7) is 4.44. The molecule has 3 N–H and O–H groups in total. The lowest BCUT2D eigenvalue weighted by Gasteiger charge is -2.05. The van der Waals surface area contributed by atoms with Crippen LogP contribution in [0.15, 0.2) is 28.7 Å². The molecule has 0 amide bonds. The Bertz CT molecular complexity index is 500. The molecule has 0 radical (unpaired) electrons. The zero-order valence-corrected chi connectivity index (χ0v) is 11.6. The molecule has 0 aliphatic carbocycles. The molecule has 4 heteroatoms. The molecule has 0 saturated heterocycles. The van der Waals surface area contributed by atoms with Crippen LogP contribution >= 0.6 is 15.9 Å². The molecule has 0 aliphatic heterocycles. The van der Waals surface area contributed by atoms with Gasteiger partial charge in [0.2, 0.25) is 0 Å². The van der Waals surface area contributed by atoms with Crippen molar-refractivity contribution in [2.24, 2.45) is 5.92 Å². The number of rotatable bonds is 3. The van der Waals surface area contributed by atoms with Gasteiger partial charge >= 0.3 is 0 Å². The average Bonchev–Trinajstić information content (AvgIpc) is 2.60. The lowest BCUT2D eigenvalue weighted by molar-refractivity contribution is 0.647. The number of hydrogen-bond acceptors (Lipinski definition) is 2. The predicted molar refractivity (Wildman–Crippen MR) is 74.7 cm³/mol. The van der Waals surface area contributed by atoms with E-state index in [9.17, 15) is 0 Å². The van der Waals surface area contributed by atoms with E-state index in [1.165, 1.54) is 5.56 Å². The molecule has 0 fully saturated rings. The van der Waals surface area contributed by atoms with Crippen LogP contribution in [0.4, 0.5) is 5.82 Å². The van der Waals surface area contributed by atoms with Crippen molar-refractivity contribution in [2.75, 3.05) is 5.73 Å². The van der Waals surface area contributed by atoms with Crippen molar-refractivity contribution in [3.05, 3.63) is 34.3 Å². The zero-order valence-electron chi connectivity index (χ0n) is 10.00. The first-order valence-corrected chi connectivity index (χ1v) is 6.46. The van der Waals surface area contributed by atoms with Crippen LogP contribution in [0.2, 0.25) is 0 Å². The van der Waals surface area contributed by atoms with Crippen LogP contribution in [0.1, 0.15) is 19.4 Å². The Morgan fingerprint density at radius 2 is 1.94 bits per heavy atom. The highest BCUT2D eigenvalue weighted by Crippen LogP contribution is 2.30. The number of nitrogens with zero attached hydrogens (tertiary/aromatic N) is 1. The number of benzene rings is 1. The van der Waals surface area contributed by atoms with Crippen LogP contribution in [0.25, 0.3) is 11.3 Å². The number of H-pyrrole nitrogens is 1. The Balaban J connectivity index is 2.26. The summed E-state index contributed by atoms with van der Waals surface area (Å²) in [5, 5.41) is 6.90. The van der Waals surface area contributed by atoms with E-state index in [1.54, 1.807) is 0 Å². The molecule has 0 unspecified atom stereocenters. The summed E-state index contributed by atoms with van der Waals surface area (Å²) in [7, 11) is 0. The lowest BCUT2D eigenvalue weighted by atomic mass is 10.0. The number of nitrogens with one attached hydrogen (secondary N) is 1. The van der Waals surface area contributed by atoms with Gasteiger partial charge in [-0.3, -0.25) is 5.10 Å². The minimum atomic E-state index is 0.492. The fraction of sp³-hybridized carbons (Fsp3) is 0.308. The number of halogens is 1. The number of anilines is 1. The smallest absolute Gasteiger partial charge is 0.160 e. The Hall–Kier alpha value is -1.29. The van der Waals surface area contributed by atoms with Gasteiger partial charge < -0.3 is 5.73 Å². The second-order valence-electron chi connectivity index (χ2n) is 4.59. The Labute approximate surface area is 110 Å². The van der Waals surface area contributed by atoms with Crippen LogP contribution in [-0.4, -0.2) is 10.2 Å². The number of nitrogens with two attached hydrogens (primary N) is 1. The monoisotopic (exact) mass is 293 g/mol. The van der Waals surface area contributed by atoms with Crippen molar-refractivity contribution in [2.45, 2.75) is 20.3 Å². The topological polar surface area (TPSA) is 54.7 Å². The normalized spacial score (nSPS) is 11.1. The second kappa shape index (κ2) is 4.92. The summed E-state index contributed by atoms with van der Waals surface area (Å²) in [6, 6.07) is 8.49. The second-order valence-corrected chi connectivity index (χ2v) is 5.39. The molecular weight excluding hydrogens is 278 g/mol. The van der Waals surface area contributed by atoms with Crippen molar-refractivity contribution in [3.63, 3.8) is 0 Å². The van der Waals surface area contributed by atoms with Crippen LogP contribution < -0.4 is 5.73 Å². The standard InChI is InChI=1S/C13H16BrN3/c1-8(2)7-9-3-5-10(6-4-9)12-11(14)13(15)17-16-12/h3-6,8H,7H2,1-2H3,(H3,15,16,17). The number of aromatic amines is 1. The van der Waals surface area contributed by atoms with Crippen LogP contribution in [-0.2, 0) is 6.42 Å². The van der Waals surface area contributed by atoms with Crippen molar-refractivity contribution in [1.82, 2.24) is 10.2 Å². The van der Waals surface area contributed by atoms with Gasteiger partial charge in [-0.25, -0.2) is 0 Å². The van der Waals surface area contributed by atoms with Gasteiger partial charge in [0, 0.05) is 5.56 Å². The summed E-state index contributed by atoms with van der Waals surface area (Å²) in [6.07, 6.45) is 1.10. The third kappa shape index (κ3) is 2.69. The third-order valence-electron chi connectivity index (χ3n) is 2.62. The first-order valence-electron chi connectivity index (χ1n) is 5.66. The number of hydrogen-bond donors (Lipinski definition) is 2.